The zero-order valence-corrected chi connectivity index (χ0v) is 20.8. The van der Waals surface area contributed by atoms with Crippen molar-refractivity contribution in [3.63, 3.8) is 0 Å². The van der Waals surface area contributed by atoms with E-state index in [2.05, 4.69) is 17.4 Å². The van der Waals surface area contributed by atoms with Gasteiger partial charge in [-0.1, -0.05) is 67.4 Å². The van der Waals surface area contributed by atoms with Crippen molar-refractivity contribution >= 4 is 39.1 Å². The first-order chi connectivity index (χ1) is 15.2. The number of carbonyl (C=O) groups excluding carboxylic acids is 1. The fourth-order valence-corrected chi connectivity index (χ4v) is 6.71. The number of sulfonamides is 1. The molecule has 1 unspecified atom stereocenters. The van der Waals surface area contributed by atoms with Crippen molar-refractivity contribution in [2.75, 3.05) is 18.8 Å². The highest BCUT2D eigenvalue weighted by Gasteiger charge is 2.44. The Morgan fingerprint density at radius 2 is 1.75 bits per heavy atom. The first-order valence-electron chi connectivity index (χ1n) is 11.0. The first-order valence-corrected chi connectivity index (χ1v) is 13.4. The zero-order valence-electron chi connectivity index (χ0n) is 18.5. The highest BCUT2D eigenvalue weighted by Crippen LogP contribution is 2.41. The van der Waals surface area contributed by atoms with E-state index >= 15 is 0 Å². The minimum Gasteiger partial charge on any atom is -0.348 e. The summed E-state index contributed by atoms with van der Waals surface area (Å²) in [7, 11) is -3.26. The molecule has 1 saturated heterocycles. The van der Waals surface area contributed by atoms with Gasteiger partial charge >= 0.3 is 0 Å². The molecule has 0 bridgehead atoms. The van der Waals surface area contributed by atoms with E-state index in [1.54, 1.807) is 22.5 Å². The summed E-state index contributed by atoms with van der Waals surface area (Å²) in [5, 5.41) is 3.97. The minimum atomic E-state index is -3.26. The lowest BCUT2D eigenvalue weighted by Crippen LogP contribution is -2.56. The van der Waals surface area contributed by atoms with Gasteiger partial charge in [0.1, 0.15) is 0 Å². The molecule has 1 heterocycles. The monoisotopic (exact) mass is 496 g/mol. The molecule has 1 aliphatic rings. The third-order valence-corrected chi connectivity index (χ3v) is 9.00. The third kappa shape index (κ3) is 5.30. The van der Waals surface area contributed by atoms with Crippen molar-refractivity contribution in [2.24, 2.45) is 0 Å². The summed E-state index contributed by atoms with van der Waals surface area (Å²) in [4.78, 5) is 13.1. The number of benzene rings is 2. The van der Waals surface area contributed by atoms with Crippen LogP contribution < -0.4 is 5.32 Å². The second kappa shape index (κ2) is 10.6. The largest absolute Gasteiger partial charge is 0.348 e. The van der Waals surface area contributed by atoms with Crippen LogP contribution in [0.25, 0.3) is 0 Å². The molecule has 3 rings (SSSR count). The van der Waals surface area contributed by atoms with Gasteiger partial charge in [0, 0.05) is 29.6 Å². The summed E-state index contributed by atoms with van der Waals surface area (Å²) in [5.74, 6) is -0.0937. The number of hydrogen-bond acceptors (Lipinski definition) is 3. The van der Waals surface area contributed by atoms with Gasteiger partial charge in [-0.15, -0.1) is 0 Å². The normalized spacial score (nSPS) is 17.6. The van der Waals surface area contributed by atoms with Crippen molar-refractivity contribution in [3.8, 4) is 0 Å². The fourth-order valence-electron chi connectivity index (χ4n) is 4.70. The molecule has 1 aliphatic heterocycles. The average Bonchev–Trinajstić information content (AvgIpc) is 2.78. The Morgan fingerprint density at radius 1 is 1.09 bits per heavy atom. The zero-order chi connectivity index (χ0) is 23.4. The maximum absolute atomic E-state index is 13.1. The summed E-state index contributed by atoms with van der Waals surface area (Å²) in [5.41, 5.74) is 1.12. The quantitative estimate of drug-likeness (QED) is 0.540. The highest BCUT2D eigenvalue weighted by molar-refractivity contribution is 7.89. The molecule has 0 aliphatic carbocycles. The molecule has 2 aromatic rings. The Hall–Kier alpha value is -1.60. The van der Waals surface area contributed by atoms with Gasteiger partial charge < -0.3 is 5.32 Å². The van der Waals surface area contributed by atoms with E-state index in [1.165, 1.54) is 0 Å². The van der Waals surface area contributed by atoms with Crippen LogP contribution in [0.15, 0.2) is 48.5 Å². The van der Waals surface area contributed by atoms with Gasteiger partial charge in [0.05, 0.1) is 16.3 Å². The lowest BCUT2D eigenvalue weighted by molar-refractivity contribution is 0.0882. The fraction of sp³-hybridized carbons (Fsp3) is 0.458. The summed E-state index contributed by atoms with van der Waals surface area (Å²) in [6.07, 6.45) is 2.56. The van der Waals surface area contributed by atoms with Gasteiger partial charge in [0.2, 0.25) is 10.0 Å². The maximum Gasteiger partial charge on any atom is 0.253 e. The number of amides is 1. The van der Waals surface area contributed by atoms with Crippen molar-refractivity contribution in [2.45, 2.75) is 51.0 Å². The van der Waals surface area contributed by atoms with E-state index in [0.717, 1.165) is 5.56 Å². The van der Waals surface area contributed by atoms with Crippen LogP contribution in [0, 0.1) is 0 Å². The number of hydrogen-bond donors (Lipinski definition) is 1. The second-order valence-corrected chi connectivity index (χ2v) is 11.2. The molecule has 0 aromatic heterocycles. The van der Waals surface area contributed by atoms with Crippen LogP contribution in [0.1, 0.15) is 55.5 Å². The van der Waals surface area contributed by atoms with E-state index in [9.17, 15) is 13.2 Å². The lowest BCUT2D eigenvalue weighted by Gasteiger charge is -2.46. The topological polar surface area (TPSA) is 66.5 Å². The minimum absolute atomic E-state index is 0.161. The van der Waals surface area contributed by atoms with Gasteiger partial charge in [-0.3, -0.25) is 4.79 Å². The molecular weight excluding hydrogens is 467 g/mol. The van der Waals surface area contributed by atoms with Crippen LogP contribution >= 0.6 is 23.2 Å². The van der Waals surface area contributed by atoms with E-state index in [-0.39, 0.29) is 23.1 Å². The molecule has 0 radical (unpaired) electrons. The van der Waals surface area contributed by atoms with Crippen LogP contribution in [0.3, 0.4) is 0 Å². The Bertz CT molecular complexity index is 1040. The Balaban J connectivity index is 1.91. The maximum atomic E-state index is 13.1. The molecule has 174 valence electrons. The van der Waals surface area contributed by atoms with E-state index in [0.29, 0.717) is 54.4 Å². The Labute approximate surface area is 201 Å². The third-order valence-electron chi connectivity index (χ3n) is 6.38. The summed E-state index contributed by atoms with van der Waals surface area (Å²) >= 11 is 12.3. The van der Waals surface area contributed by atoms with Gasteiger partial charge in [-0.25, -0.2) is 12.7 Å². The molecule has 0 saturated carbocycles. The van der Waals surface area contributed by atoms with Crippen LogP contribution in [-0.2, 0) is 15.4 Å². The molecule has 2 aromatic carbocycles. The summed E-state index contributed by atoms with van der Waals surface area (Å²) < 4.78 is 26.9. The molecule has 5 nitrogen and oxygen atoms in total. The molecule has 32 heavy (non-hydrogen) atoms. The molecule has 0 spiro atoms. The number of nitrogens with zero attached hydrogens (tertiary/aromatic N) is 1. The average molecular weight is 497 g/mol. The predicted octanol–water partition coefficient (Wildman–Crippen LogP) is 5.28. The second-order valence-electron chi connectivity index (χ2n) is 8.30. The van der Waals surface area contributed by atoms with Crippen LogP contribution in [0.4, 0.5) is 0 Å². The van der Waals surface area contributed by atoms with Crippen LogP contribution in [0.2, 0.25) is 10.0 Å². The molecule has 1 fully saturated rings. The first kappa shape index (κ1) is 25.0. The summed E-state index contributed by atoms with van der Waals surface area (Å²) in [6.45, 7) is 4.79. The SMILES string of the molecule is CCCS(=O)(=O)N1CCC(c2ccccc2)(C(CC)NC(=O)c2ccc(Cl)cc2Cl)CC1. The van der Waals surface area contributed by atoms with Crippen molar-refractivity contribution in [1.29, 1.82) is 0 Å². The molecule has 1 amide bonds. The number of halogens is 2. The Kier molecular flexibility index (Phi) is 8.26. The molecule has 1 atom stereocenters. The van der Waals surface area contributed by atoms with Gasteiger partial charge in [0.25, 0.3) is 5.91 Å². The number of carbonyl (C=O) groups is 1. The van der Waals surface area contributed by atoms with Crippen molar-refractivity contribution in [1.82, 2.24) is 9.62 Å². The molecule has 1 N–H and O–H groups in total. The Morgan fingerprint density at radius 3 is 2.31 bits per heavy atom. The van der Waals surface area contributed by atoms with Gasteiger partial charge in [-0.05, 0) is 49.4 Å². The van der Waals surface area contributed by atoms with E-state index in [4.69, 9.17) is 23.2 Å². The van der Waals surface area contributed by atoms with E-state index < -0.39 is 10.0 Å². The smallest absolute Gasteiger partial charge is 0.253 e. The number of piperidine rings is 1. The van der Waals surface area contributed by atoms with Gasteiger partial charge in [-0.2, -0.15) is 0 Å². The lowest BCUT2D eigenvalue weighted by atomic mass is 9.67. The number of rotatable bonds is 8. The van der Waals surface area contributed by atoms with Crippen LogP contribution in [-0.4, -0.2) is 43.5 Å². The molecule has 8 heteroatoms. The van der Waals surface area contributed by atoms with Gasteiger partial charge in [0.15, 0.2) is 0 Å². The van der Waals surface area contributed by atoms with Crippen molar-refractivity contribution < 1.29 is 13.2 Å². The number of nitrogens with one attached hydrogen (secondary N) is 1. The molecular formula is C24H30Cl2N2O3S. The highest BCUT2D eigenvalue weighted by atomic mass is 35.5. The van der Waals surface area contributed by atoms with Crippen LogP contribution in [0.5, 0.6) is 0 Å². The van der Waals surface area contributed by atoms with E-state index in [1.807, 2.05) is 32.0 Å². The standard InChI is InChI=1S/C24H30Cl2N2O3S/c1-3-16-32(30,31)28-14-12-24(13-15-28,18-8-6-5-7-9-18)22(4-2)27-23(29)20-11-10-19(25)17-21(20)26/h5-11,17,22H,3-4,12-16H2,1-2H3,(H,27,29). The van der Waals surface area contributed by atoms with Crippen molar-refractivity contribution in [3.05, 3.63) is 69.7 Å². The predicted molar refractivity (Wildman–Crippen MR) is 131 cm³/mol. The summed E-state index contributed by atoms with van der Waals surface area (Å²) in [6, 6.07) is 14.7.